The third-order valence-electron chi connectivity index (χ3n) is 1.76. The van der Waals surface area contributed by atoms with E-state index in [1.165, 1.54) is 6.21 Å². The van der Waals surface area contributed by atoms with Crippen molar-refractivity contribution in [1.82, 2.24) is 0 Å². The molecule has 0 radical (unpaired) electrons. The van der Waals surface area contributed by atoms with Crippen molar-refractivity contribution in [3.63, 3.8) is 0 Å². The van der Waals surface area contributed by atoms with Crippen molar-refractivity contribution in [3.8, 4) is 0 Å². The van der Waals surface area contributed by atoms with Crippen LogP contribution < -0.4 is 0 Å². The maximum Gasteiger partial charge on any atom is 0.266 e. The Hall–Kier alpha value is -1.46. The topological polar surface area (TPSA) is 66.7 Å². The summed E-state index contributed by atoms with van der Waals surface area (Å²) in [5.41, 5.74) is 1.05. The van der Waals surface area contributed by atoms with E-state index in [1.54, 1.807) is 6.08 Å². The lowest BCUT2D eigenvalue weighted by atomic mass is 10.2. The van der Waals surface area contributed by atoms with Crippen LogP contribution in [0.5, 0.6) is 0 Å². The van der Waals surface area contributed by atoms with E-state index in [2.05, 4.69) is 4.99 Å². The quantitative estimate of drug-likeness (QED) is 0.627. The highest BCUT2D eigenvalue weighted by molar-refractivity contribution is 7.85. The van der Waals surface area contributed by atoms with Crippen molar-refractivity contribution in [2.24, 2.45) is 4.99 Å². The van der Waals surface area contributed by atoms with Gasteiger partial charge in [-0.05, 0) is 11.6 Å². The van der Waals surface area contributed by atoms with Gasteiger partial charge in [-0.2, -0.15) is 8.42 Å². The molecule has 0 saturated heterocycles. The fourth-order valence-corrected chi connectivity index (χ4v) is 1.36. The van der Waals surface area contributed by atoms with Gasteiger partial charge in [0.2, 0.25) is 0 Å². The molecule has 1 N–H and O–H groups in total. The summed E-state index contributed by atoms with van der Waals surface area (Å²) in [6, 6.07) is 9.67. The van der Waals surface area contributed by atoms with E-state index < -0.39 is 10.1 Å². The molecule has 0 saturated carbocycles. The Morgan fingerprint density at radius 1 is 1.25 bits per heavy atom. The first-order valence-electron chi connectivity index (χ1n) is 4.75. The molecule has 1 aromatic carbocycles. The molecule has 0 spiro atoms. The van der Waals surface area contributed by atoms with Gasteiger partial charge in [0.1, 0.15) is 0 Å². The number of hydrogen-bond acceptors (Lipinski definition) is 3. The maximum absolute atomic E-state index is 10.3. The lowest BCUT2D eigenvalue weighted by Crippen LogP contribution is -2.06. The summed E-state index contributed by atoms with van der Waals surface area (Å²) in [6.07, 6.45) is 5.09. The van der Waals surface area contributed by atoms with Crippen molar-refractivity contribution in [2.75, 3.05) is 12.3 Å². The Morgan fingerprint density at radius 2 is 1.94 bits per heavy atom. The van der Waals surface area contributed by atoms with Crippen LogP contribution in [0, 0.1) is 0 Å². The van der Waals surface area contributed by atoms with E-state index in [0.29, 0.717) is 0 Å². The van der Waals surface area contributed by atoms with Crippen LogP contribution in [0.1, 0.15) is 5.56 Å². The predicted octanol–water partition coefficient (Wildman–Crippen LogP) is 1.66. The molecule has 1 aromatic rings. The van der Waals surface area contributed by atoms with Crippen molar-refractivity contribution in [3.05, 3.63) is 42.0 Å². The molecule has 0 fully saturated rings. The normalized spacial score (nSPS) is 12.6. The molecule has 1 rings (SSSR count). The minimum atomic E-state index is -3.90. The summed E-state index contributed by atoms with van der Waals surface area (Å²) in [5.74, 6) is -0.345. The van der Waals surface area contributed by atoms with Crippen molar-refractivity contribution in [2.45, 2.75) is 0 Å². The van der Waals surface area contributed by atoms with E-state index in [1.807, 2.05) is 36.4 Å². The smallest absolute Gasteiger partial charge is 0.266 e. The SMILES string of the molecule is O=S(=O)(O)CCN=C/C=C\c1ccccc1. The molecule has 0 aliphatic carbocycles. The molecule has 0 amide bonds. The fraction of sp³-hybridized carbons (Fsp3) is 0.182. The van der Waals surface area contributed by atoms with Gasteiger partial charge < -0.3 is 0 Å². The van der Waals surface area contributed by atoms with Crippen molar-refractivity contribution >= 4 is 22.4 Å². The van der Waals surface area contributed by atoms with Gasteiger partial charge in [-0.3, -0.25) is 9.55 Å². The van der Waals surface area contributed by atoms with Crippen LogP contribution >= 0.6 is 0 Å². The van der Waals surface area contributed by atoms with Gasteiger partial charge in [-0.15, -0.1) is 0 Å². The number of nitrogens with zero attached hydrogens (tertiary/aromatic N) is 1. The highest BCUT2D eigenvalue weighted by Crippen LogP contribution is 1.99. The Bertz CT molecular complexity index is 463. The summed E-state index contributed by atoms with van der Waals surface area (Å²) in [7, 11) is -3.90. The molecule has 0 heterocycles. The monoisotopic (exact) mass is 239 g/mol. The van der Waals surface area contributed by atoms with Crippen LogP contribution in [-0.4, -0.2) is 31.5 Å². The molecule has 16 heavy (non-hydrogen) atoms. The highest BCUT2D eigenvalue weighted by Gasteiger charge is 2.00. The predicted molar refractivity (Wildman–Crippen MR) is 65.3 cm³/mol. The van der Waals surface area contributed by atoms with Gasteiger partial charge in [-0.1, -0.05) is 36.4 Å². The number of rotatable bonds is 5. The number of hydrogen-bond donors (Lipinski definition) is 1. The summed E-state index contributed by atoms with van der Waals surface area (Å²) < 4.78 is 29.1. The molecule has 0 aliphatic rings. The molecule has 0 unspecified atom stereocenters. The minimum absolute atomic E-state index is 0.0674. The number of aliphatic imine (C=N–C) groups is 1. The van der Waals surface area contributed by atoms with Gasteiger partial charge >= 0.3 is 0 Å². The molecule has 0 atom stereocenters. The molecular formula is C11H13NO3S. The van der Waals surface area contributed by atoms with E-state index in [-0.39, 0.29) is 12.3 Å². The average Bonchev–Trinajstić information content (AvgIpc) is 2.23. The number of benzene rings is 1. The van der Waals surface area contributed by atoms with Gasteiger partial charge in [0.15, 0.2) is 0 Å². The summed E-state index contributed by atoms with van der Waals surface area (Å²) in [6.45, 7) is 0.0674. The van der Waals surface area contributed by atoms with Crippen LogP contribution in [0.4, 0.5) is 0 Å². The lowest BCUT2D eigenvalue weighted by molar-refractivity contribution is 0.483. The maximum atomic E-state index is 10.3. The van der Waals surface area contributed by atoms with Gasteiger partial charge in [0.25, 0.3) is 10.1 Å². The largest absolute Gasteiger partial charge is 0.292 e. The molecule has 86 valence electrons. The third-order valence-corrected chi connectivity index (χ3v) is 2.46. The minimum Gasteiger partial charge on any atom is -0.292 e. The van der Waals surface area contributed by atoms with E-state index >= 15 is 0 Å². The first kappa shape index (κ1) is 12.6. The summed E-state index contributed by atoms with van der Waals surface area (Å²) in [4.78, 5) is 3.82. The Kier molecular flexibility index (Phi) is 4.88. The van der Waals surface area contributed by atoms with Gasteiger partial charge in [0, 0.05) is 6.21 Å². The zero-order valence-electron chi connectivity index (χ0n) is 8.65. The van der Waals surface area contributed by atoms with Crippen molar-refractivity contribution in [1.29, 1.82) is 0 Å². The Morgan fingerprint density at radius 3 is 2.56 bits per heavy atom. The fourth-order valence-electron chi connectivity index (χ4n) is 1.02. The van der Waals surface area contributed by atoms with Crippen LogP contribution in [0.15, 0.2) is 41.4 Å². The summed E-state index contributed by atoms with van der Waals surface area (Å²) in [5, 5.41) is 0. The second-order valence-electron chi connectivity index (χ2n) is 3.11. The van der Waals surface area contributed by atoms with Crippen molar-refractivity contribution < 1.29 is 13.0 Å². The van der Waals surface area contributed by atoms with E-state index in [0.717, 1.165) is 5.56 Å². The van der Waals surface area contributed by atoms with Crippen LogP contribution in [0.25, 0.3) is 6.08 Å². The van der Waals surface area contributed by atoms with E-state index in [4.69, 9.17) is 4.55 Å². The van der Waals surface area contributed by atoms with Crippen LogP contribution in [0.3, 0.4) is 0 Å². The van der Waals surface area contributed by atoms with E-state index in [9.17, 15) is 8.42 Å². The zero-order chi connectivity index (χ0) is 11.9. The standard InChI is InChI=1S/C11H13NO3S/c13-16(14,15)10-9-12-8-4-7-11-5-2-1-3-6-11/h1-8H,9-10H2,(H,13,14,15)/b7-4-,12-8?. The second kappa shape index (κ2) is 6.19. The molecule has 5 heteroatoms. The molecule has 4 nitrogen and oxygen atoms in total. The lowest BCUT2D eigenvalue weighted by Gasteiger charge is -1.90. The molecular weight excluding hydrogens is 226 g/mol. The number of allylic oxidation sites excluding steroid dienone is 1. The first-order chi connectivity index (χ1) is 7.58. The Balaban J connectivity index is 2.35. The van der Waals surface area contributed by atoms with Crippen LogP contribution in [0.2, 0.25) is 0 Å². The molecule has 0 aromatic heterocycles. The first-order valence-corrected chi connectivity index (χ1v) is 6.35. The zero-order valence-corrected chi connectivity index (χ0v) is 9.47. The Labute approximate surface area is 95.1 Å². The average molecular weight is 239 g/mol. The highest BCUT2D eigenvalue weighted by atomic mass is 32.2. The molecule has 0 aliphatic heterocycles. The molecule has 0 bridgehead atoms. The van der Waals surface area contributed by atoms with Gasteiger partial charge in [-0.25, -0.2) is 0 Å². The van der Waals surface area contributed by atoms with Crippen LogP contribution in [-0.2, 0) is 10.1 Å². The summed E-state index contributed by atoms with van der Waals surface area (Å²) >= 11 is 0. The van der Waals surface area contributed by atoms with Gasteiger partial charge in [0.05, 0.1) is 12.3 Å². The second-order valence-corrected chi connectivity index (χ2v) is 4.68. The third kappa shape index (κ3) is 6.10.